The molecule has 2 saturated heterocycles. The van der Waals surface area contributed by atoms with Crippen molar-refractivity contribution in [3.8, 4) is 11.8 Å². The standard InChI is InChI=1S/C40H34N4O4/c45-37(25-27-9-3-1-4-10-27)43-21-7-13-33(43)39-41-31-23-29(17-19-35(31)47-39)15-16-30-18-20-36-32(24-30)42-40(48-36)34-14-8-22-44(34)38(46)26-28-11-5-2-6-12-28/h1-6,9-12,17-20,23-24,33-34H,7-8,13-14,21-22,25-26H2/t33-,34-/m0/s1. The molecule has 0 saturated carbocycles. The van der Waals surface area contributed by atoms with Gasteiger partial charge in [0.2, 0.25) is 23.6 Å². The number of fused-ring (bicyclic) bond motifs is 2. The number of rotatable bonds is 6. The van der Waals surface area contributed by atoms with Gasteiger partial charge < -0.3 is 18.6 Å². The average molecular weight is 635 g/mol. The van der Waals surface area contributed by atoms with Crippen molar-refractivity contribution >= 4 is 34.0 Å². The van der Waals surface area contributed by atoms with Gasteiger partial charge >= 0.3 is 0 Å². The van der Waals surface area contributed by atoms with Gasteiger partial charge in [0.15, 0.2) is 11.2 Å². The van der Waals surface area contributed by atoms with Gasteiger partial charge in [-0.3, -0.25) is 9.59 Å². The first-order valence-corrected chi connectivity index (χ1v) is 16.6. The summed E-state index contributed by atoms with van der Waals surface area (Å²) >= 11 is 0. The molecule has 8 heteroatoms. The Morgan fingerprint density at radius 2 is 1.06 bits per heavy atom. The lowest BCUT2D eigenvalue weighted by Crippen LogP contribution is -2.32. The molecule has 238 valence electrons. The second kappa shape index (κ2) is 12.8. The van der Waals surface area contributed by atoms with Crippen molar-refractivity contribution in [2.45, 2.75) is 50.6 Å². The van der Waals surface area contributed by atoms with E-state index in [0.717, 1.165) is 59.0 Å². The lowest BCUT2D eigenvalue weighted by molar-refractivity contribution is -0.132. The molecule has 8 rings (SSSR count). The molecule has 2 fully saturated rings. The molecule has 0 aliphatic carbocycles. The number of nitrogens with zero attached hydrogens (tertiary/aromatic N) is 4. The highest BCUT2D eigenvalue weighted by molar-refractivity contribution is 5.81. The Morgan fingerprint density at radius 1 is 0.625 bits per heavy atom. The summed E-state index contributed by atoms with van der Waals surface area (Å²) in [7, 11) is 0. The van der Waals surface area contributed by atoms with Gasteiger partial charge in [0.1, 0.15) is 23.1 Å². The maximum Gasteiger partial charge on any atom is 0.227 e. The minimum absolute atomic E-state index is 0.0887. The number of oxazole rings is 2. The molecule has 4 aromatic carbocycles. The smallest absolute Gasteiger partial charge is 0.227 e. The zero-order valence-corrected chi connectivity index (χ0v) is 26.5. The molecule has 2 aliphatic heterocycles. The SMILES string of the molecule is O=C(Cc1ccccc1)N1CCC[C@H]1c1nc2cc(C#Cc3ccc4oc([C@@H]5CCCN5C(=O)Cc5ccccc5)nc4c3)ccc2o1. The normalized spacial score (nSPS) is 17.6. The molecule has 0 N–H and O–H groups in total. The number of benzene rings is 4. The van der Waals surface area contributed by atoms with Crippen molar-refractivity contribution in [2.75, 3.05) is 13.1 Å². The van der Waals surface area contributed by atoms with E-state index < -0.39 is 0 Å². The monoisotopic (exact) mass is 634 g/mol. The minimum Gasteiger partial charge on any atom is -0.438 e. The molecule has 2 amide bonds. The minimum atomic E-state index is -0.166. The van der Waals surface area contributed by atoms with Crippen LogP contribution in [0.15, 0.2) is 106 Å². The molecule has 6 aromatic rings. The first-order valence-electron chi connectivity index (χ1n) is 16.6. The summed E-state index contributed by atoms with van der Waals surface area (Å²) in [5.74, 6) is 7.82. The van der Waals surface area contributed by atoms with Gasteiger partial charge in [0, 0.05) is 24.2 Å². The second-order valence-corrected chi connectivity index (χ2v) is 12.5. The maximum atomic E-state index is 13.2. The third-order valence-corrected chi connectivity index (χ3v) is 9.27. The highest BCUT2D eigenvalue weighted by Crippen LogP contribution is 2.35. The zero-order valence-electron chi connectivity index (χ0n) is 26.5. The van der Waals surface area contributed by atoms with Crippen LogP contribution in [0, 0.1) is 11.8 Å². The molecular formula is C40H34N4O4. The summed E-state index contributed by atoms with van der Waals surface area (Å²) in [5, 5.41) is 0. The van der Waals surface area contributed by atoms with Crippen LogP contribution in [0.2, 0.25) is 0 Å². The second-order valence-electron chi connectivity index (χ2n) is 12.5. The highest BCUT2D eigenvalue weighted by Gasteiger charge is 2.34. The van der Waals surface area contributed by atoms with E-state index in [1.165, 1.54) is 0 Å². The molecule has 2 atom stereocenters. The lowest BCUT2D eigenvalue weighted by Gasteiger charge is -2.22. The number of likely N-dealkylation sites (tertiary alicyclic amines) is 2. The number of aromatic nitrogens is 2. The van der Waals surface area contributed by atoms with E-state index in [1.54, 1.807) is 0 Å². The van der Waals surface area contributed by atoms with Crippen LogP contribution in [0.4, 0.5) is 0 Å². The molecule has 2 aromatic heterocycles. The fourth-order valence-corrected chi connectivity index (χ4v) is 6.86. The van der Waals surface area contributed by atoms with Crippen molar-refractivity contribution in [3.05, 3.63) is 131 Å². The van der Waals surface area contributed by atoms with Crippen LogP contribution in [0.3, 0.4) is 0 Å². The van der Waals surface area contributed by atoms with Gasteiger partial charge in [-0.25, -0.2) is 9.97 Å². The molecule has 4 heterocycles. The highest BCUT2D eigenvalue weighted by atomic mass is 16.4. The van der Waals surface area contributed by atoms with Gasteiger partial charge in [-0.05, 0) is 73.2 Å². The van der Waals surface area contributed by atoms with Crippen molar-refractivity contribution in [3.63, 3.8) is 0 Å². The number of hydrogen-bond donors (Lipinski definition) is 0. The van der Waals surface area contributed by atoms with Crippen LogP contribution in [0.5, 0.6) is 0 Å². The summed E-state index contributed by atoms with van der Waals surface area (Å²) in [6.07, 6.45) is 4.23. The van der Waals surface area contributed by atoms with E-state index in [2.05, 4.69) is 11.8 Å². The third kappa shape index (κ3) is 6.07. The topological polar surface area (TPSA) is 92.7 Å². The average Bonchev–Trinajstić information content (AvgIpc) is 3.93. The van der Waals surface area contributed by atoms with Crippen molar-refractivity contribution in [2.24, 2.45) is 0 Å². The summed E-state index contributed by atoms with van der Waals surface area (Å²) < 4.78 is 12.3. The first-order chi connectivity index (χ1) is 23.6. The van der Waals surface area contributed by atoms with E-state index in [4.69, 9.17) is 18.8 Å². The molecular weight excluding hydrogens is 600 g/mol. The Hall–Kier alpha value is -5.68. The first kappa shape index (κ1) is 29.7. The predicted molar refractivity (Wildman–Crippen MR) is 182 cm³/mol. The quantitative estimate of drug-likeness (QED) is 0.180. The van der Waals surface area contributed by atoms with Crippen molar-refractivity contribution in [1.82, 2.24) is 19.8 Å². The zero-order chi connectivity index (χ0) is 32.5. The Bertz CT molecular complexity index is 2020. The molecule has 0 unspecified atom stereocenters. The molecule has 8 nitrogen and oxygen atoms in total. The van der Waals surface area contributed by atoms with Crippen LogP contribution in [-0.4, -0.2) is 44.7 Å². The molecule has 48 heavy (non-hydrogen) atoms. The fourth-order valence-electron chi connectivity index (χ4n) is 6.86. The number of carbonyl (C=O) groups is 2. The van der Waals surface area contributed by atoms with Crippen LogP contribution in [0.25, 0.3) is 22.2 Å². The van der Waals surface area contributed by atoms with E-state index >= 15 is 0 Å². The predicted octanol–water partition coefficient (Wildman–Crippen LogP) is 7.18. The largest absolute Gasteiger partial charge is 0.438 e. The molecule has 2 aliphatic rings. The summed E-state index contributed by atoms with van der Waals surface area (Å²) in [6.45, 7) is 1.41. The van der Waals surface area contributed by atoms with Crippen LogP contribution in [-0.2, 0) is 22.4 Å². The summed E-state index contributed by atoms with van der Waals surface area (Å²) in [6, 6.07) is 30.8. The molecule has 0 spiro atoms. The Kier molecular flexibility index (Phi) is 7.95. The number of hydrogen-bond acceptors (Lipinski definition) is 6. The molecule has 0 bridgehead atoms. The van der Waals surface area contributed by atoms with Gasteiger partial charge in [-0.1, -0.05) is 72.5 Å². The van der Waals surface area contributed by atoms with Crippen molar-refractivity contribution in [1.29, 1.82) is 0 Å². The van der Waals surface area contributed by atoms with E-state index in [1.807, 2.05) is 107 Å². The summed E-state index contributed by atoms with van der Waals surface area (Å²) in [5.41, 5.74) is 6.43. The Labute approximate surface area is 278 Å². The van der Waals surface area contributed by atoms with Crippen LogP contribution in [0.1, 0.15) is 71.8 Å². The van der Waals surface area contributed by atoms with E-state index in [0.29, 0.717) is 48.9 Å². The Morgan fingerprint density at radius 3 is 1.50 bits per heavy atom. The molecule has 0 radical (unpaired) electrons. The van der Waals surface area contributed by atoms with Gasteiger partial charge in [-0.15, -0.1) is 0 Å². The lowest BCUT2D eigenvalue weighted by atomic mass is 10.1. The Balaban J connectivity index is 0.971. The van der Waals surface area contributed by atoms with Crippen LogP contribution >= 0.6 is 0 Å². The van der Waals surface area contributed by atoms with E-state index in [-0.39, 0.29) is 23.9 Å². The van der Waals surface area contributed by atoms with Gasteiger partial charge in [0.05, 0.1) is 12.8 Å². The van der Waals surface area contributed by atoms with Crippen molar-refractivity contribution < 1.29 is 18.4 Å². The third-order valence-electron chi connectivity index (χ3n) is 9.27. The van der Waals surface area contributed by atoms with Crippen LogP contribution < -0.4 is 0 Å². The van der Waals surface area contributed by atoms with E-state index in [9.17, 15) is 9.59 Å². The summed E-state index contributed by atoms with van der Waals surface area (Å²) in [4.78, 5) is 39.7. The van der Waals surface area contributed by atoms with Gasteiger partial charge in [-0.2, -0.15) is 0 Å². The number of amides is 2. The maximum absolute atomic E-state index is 13.2. The van der Waals surface area contributed by atoms with Gasteiger partial charge in [0.25, 0.3) is 0 Å². The fraction of sp³-hybridized carbons (Fsp3) is 0.250. The number of carbonyl (C=O) groups excluding carboxylic acids is 2.